The van der Waals surface area contributed by atoms with Crippen LogP contribution in [0.4, 0.5) is 0 Å². The fraction of sp³-hybridized carbons (Fsp3) is 0.650. The van der Waals surface area contributed by atoms with Gasteiger partial charge in [0, 0.05) is 36.8 Å². The number of sulfonamides is 1. The fourth-order valence-electron chi connectivity index (χ4n) is 4.22. The number of hydrogen-bond acceptors (Lipinski definition) is 4. The molecule has 2 saturated heterocycles. The molecule has 2 unspecified atom stereocenters. The van der Waals surface area contributed by atoms with Gasteiger partial charge in [-0.05, 0) is 62.8 Å². The molecule has 0 aromatic heterocycles. The number of halogens is 1. The zero-order valence-corrected chi connectivity index (χ0v) is 18.3. The van der Waals surface area contributed by atoms with Gasteiger partial charge in [0.25, 0.3) is 5.91 Å². The Morgan fingerprint density at radius 1 is 1.07 bits per heavy atom. The van der Waals surface area contributed by atoms with Crippen LogP contribution in [-0.2, 0) is 10.0 Å². The normalized spacial score (nSPS) is 24.0. The Labute approximate surface area is 174 Å². The lowest BCUT2D eigenvalue weighted by Gasteiger charge is -2.29. The van der Waals surface area contributed by atoms with Crippen LogP contribution in [0, 0.1) is 0 Å². The monoisotopic (exact) mass is 429 g/mol. The van der Waals surface area contributed by atoms with Crippen molar-refractivity contribution in [3.8, 4) is 0 Å². The molecule has 2 atom stereocenters. The molecule has 2 aliphatic rings. The molecule has 0 saturated carbocycles. The van der Waals surface area contributed by atoms with E-state index in [1.54, 1.807) is 24.3 Å². The van der Waals surface area contributed by atoms with Gasteiger partial charge in [0.15, 0.2) is 0 Å². The summed E-state index contributed by atoms with van der Waals surface area (Å²) in [4.78, 5) is 12.8. The van der Waals surface area contributed by atoms with Crippen molar-refractivity contribution < 1.29 is 13.2 Å². The molecule has 1 aromatic carbocycles. The summed E-state index contributed by atoms with van der Waals surface area (Å²) in [7, 11) is -3.51. The third kappa shape index (κ3) is 5.26. The van der Waals surface area contributed by atoms with Crippen LogP contribution in [0.5, 0.6) is 0 Å². The molecule has 28 heavy (non-hydrogen) atoms. The molecule has 2 aliphatic heterocycles. The van der Waals surface area contributed by atoms with Gasteiger partial charge in [-0.25, -0.2) is 8.42 Å². The van der Waals surface area contributed by atoms with Gasteiger partial charge in [-0.1, -0.05) is 13.8 Å². The van der Waals surface area contributed by atoms with Crippen LogP contribution in [0.3, 0.4) is 0 Å². The zero-order chi connectivity index (χ0) is 19.4. The summed E-state index contributed by atoms with van der Waals surface area (Å²) in [5, 5.41) is 6.68. The molecule has 1 aromatic rings. The summed E-state index contributed by atoms with van der Waals surface area (Å²) in [6, 6.07) is 7.57. The van der Waals surface area contributed by atoms with Gasteiger partial charge in [0.05, 0.1) is 4.90 Å². The highest BCUT2D eigenvalue weighted by molar-refractivity contribution is 7.89. The Bertz CT molecular complexity index is 736. The van der Waals surface area contributed by atoms with E-state index in [0.29, 0.717) is 30.7 Å². The van der Waals surface area contributed by atoms with Crippen LogP contribution >= 0.6 is 12.4 Å². The Morgan fingerprint density at radius 3 is 2.11 bits per heavy atom. The molecule has 3 rings (SSSR count). The van der Waals surface area contributed by atoms with E-state index >= 15 is 0 Å². The number of hydrogen-bond donors (Lipinski definition) is 2. The maximum absolute atomic E-state index is 12.8. The summed E-state index contributed by atoms with van der Waals surface area (Å²) in [6.45, 7) is 4.96. The topological polar surface area (TPSA) is 78.5 Å². The van der Waals surface area contributed by atoms with Crippen molar-refractivity contribution in [2.75, 3.05) is 13.1 Å². The highest BCUT2D eigenvalue weighted by atomic mass is 35.5. The first kappa shape index (κ1) is 23.1. The predicted octanol–water partition coefficient (Wildman–Crippen LogP) is 2.93. The Morgan fingerprint density at radius 2 is 1.61 bits per heavy atom. The predicted molar refractivity (Wildman–Crippen MR) is 113 cm³/mol. The van der Waals surface area contributed by atoms with Crippen molar-refractivity contribution in [3.05, 3.63) is 29.8 Å². The first-order chi connectivity index (χ1) is 12.9. The first-order valence-electron chi connectivity index (χ1n) is 10.1. The lowest BCUT2D eigenvalue weighted by atomic mass is 9.99. The Hall–Kier alpha value is -1.15. The number of nitrogens with one attached hydrogen (secondary N) is 2. The number of nitrogens with zero attached hydrogens (tertiary/aromatic N) is 1. The first-order valence-corrected chi connectivity index (χ1v) is 11.5. The van der Waals surface area contributed by atoms with Gasteiger partial charge in [0.1, 0.15) is 0 Å². The number of carbonyl (C=O) groups excluding carboxylic acids is 1. The lowest BCUT2D eigenvalue weighted by Crippen LogP contribution is -2.48. The third-order valence-electron chi connectivity index (χ3n) is 5.51. The molecular weight excluding hydrogens is 398 g/mol. The van der Waals surface area contributed by atoms with E-state index < -0.39 is 10.0 Å². The number of fused-ring (bicyclic) bond motifs is 2. The fourth-order valence-corrected chi connectivity index (χ4v) is 5.85. The second-order valence-corrected chi connectivity index (χ2v) is 9.65. The van der Waals surface area contributed by atoms with Crippen molar-refractivity contribution in [1.29, 1.82) is 0 Å². The minimum Gasteiger partial charge on any atom is -0.349 e. The van der Waals surface area contributed by atoms with E-state index in [2.05, 4.69) is 10.6 Å². The van der Waals surface area contributed by atoms with Crippen LogP contribution in [0.1, 0.15) is 62.7 Å². The van der Waals surface area contributed by atoms with Crippen LogP contribution in [0.2, 0.25) is 0 Å². The smallest absolute Gasteiger partial charge is 0.251 e. The largest absolute Gasteiger partial charge is 0.349 e. The van der Waals surface area contributed by atoms with Crippen molar-refractivity contribution in [2.45, 2.75) is 75.4 Å². The molecule has 2 heterocycles. The summed E-state index contributed by atoms with van der Waals surface area (Å²) in [6.07, 6.45) is 5.87. The number of rotatable bonds is 8. The van der Waals surface area contributed by atoms with Crippen molar-refractivity contribution >= 4 is 28.3 Å². The highest BCUT2D eigenvalue weighted by Gasteiger charge is 2.34. The second-order valence-electron chi connectivity index (χ2n) is 7.71. The minimum absolute atomic E-state index is 0. The highest BCUT2D eigenvalue weighted by Crippen LogP contribution is 2.27. The lowest BCUT2D eigenvalue weighted by molar-refractivity contribution is 0.0924. The average Bonchev–Trinajstić information content (AvgIpc) is 3.00. The number of benzene rings is 1. The minimum atomic E-state index is -3.51. The zero-order valence-electron chi connectivity index (χ0n) is 16.7. The van der Waals surface area contributed by atoms with Crippen LogP contribution in [0.15, 0.2) is 29.2 Å². The molecule has 2 bridgehead atoms. The van der Waals surface area contributed by atoms with E-state index in [1.165, 1.54) is 17.1 Å². The molecule has 0 spiro atoms. The molecule has 2 N–H and O–H groups in total. The van der Waals surface area contributed by atoms with Crippen molar-refractivity contribution in [1.82, 2.24) is 14.9 Å². The maximum Gasteiger partial charge on any atom is 0.251 e. The molecule has 158 valence electrons. The van der Waals surface area contributed by atoms with Crippen LogP contribution < -0.4 is 10.6 Å². The maximum atomic E-state index is 12.8. The van der Waals surface area contributed by atoms with Gasteiger partial charge in [0.2, 0.25) is 10.0 Å². The molecule has 0 radical (unpaired) electrons. The number of piperidine rings is 1. The number of carbonyl (C=O) groups is 1. The standard InChI is InChI=1S/C20H31N3O3S.ClH/c1-3-11-23(12-4-2)27(25,26)19-9-5-15(6-10-19)20(24)22-18-13-16-7-8-17(14-18)21-16;/h5-6,9-10,16-18,21H,3-4,7-8,11-14H2,1-2H3,(H,22,24);1H. The average molecular weight is 430 g/mol. The Balaban J connectivity index is 0.00000280. The second kappa shape index (κ2) is 10.1. The van der Waals surface area contributed by atoms with Crippen LogP contribution in [0.25, 0.3) is 0 Å². The Kier molecular flexibility index (Phi) is 8.30. The van der Waals surface area contributed by atoms with E-state index in [9.17, 15) is 13.2 Å². The van der Waals surface area contributed by atoms with Gasteiger partial charge in [-0.15, -0.1) is 12.4 Å². The van der Waals surface area contributed by atoms with Crippen molar-refractivity contribution in [2.24, 2.45) is 0 Å². The third-order valence-corrected chi connectivity index (χ3v) is 7.42. The van der Waals surface area contributed by atoms with E-state index in [4.69, 9.17) is 0 Å². The molecule has 8 heteroatoms. The summed E-state index contributed by atoms with van der Waals surface area (Å²) in [5.74, 6) is -0.121. The molecule has 6 nitrogen and oxygen atoms in total. The van der Waals surface area contributed by atoms with Gasteiger partial charge >= 0.3 is 0 Å². The van der Waals surface area contributed by atoms with Gasteiger partial charge in [-0.2, -0.15) is 4.31 Å². The molecule has 0 aliphatic carbocycles. The molecule has 1 amide bonds. The van der Waals surface area contributed by atoms with Gasteiger partial charge in [-0.3, -0.25) is 4.79 Å². The van der Waals surface area contributed by atoms with E-state index in [-0.39, 0.29) is 29.3 Å². The van der Waals surface area contributed by atoms with E-state index in [0.717, 1.165) is 25.7 Å². The van der Waals surface area contributed by atoms with Gasteiger partial charge < -0.3 is 10.6 Å². The molecule has 2 fully saturated rings. The van der Waals surface area contributed by atoms with E-state index in [1.807, 2.05) is 13.8 Å². The quantitative estimate of drug-likeness (QED) is 0.665. The summed E-state index contributed by atoms with van der Waals surface area (Å²) < 4.78 is 27.1. The summed E-state index contributed by atoms with van der Waals surface area (Å²) in [5.41, 5.74) is 0.511. The number of amides is 1. The van der Waals surface area contributed by atoms with Crippen molar-refractivity contribution in [3.63, 3.8) is 0 Å². The summed E-state index contributed by atoms with van der Waals surface area (Å²) >= 11 is 0. The van der Waals surface area contributed by atoms with Crippen LogP contribution in [-0.4, -0.2) is 49.8 Å². The SMILES string of the molecule is CCCN(CCC)S(=O)(=O)c1ccc(C(=O)NC2CC3CCC(C2)N3)cc1.Cl. The molecular formula is C20H32ClN3O3S.